The zero-order valence-corrected chi connectivity index (χ0v) is 17.0. The molecule has 0 aliphatic carbocycles. The van der Waals surface area contributed by atoms with Crippen LogP contribution in [0.5, 0.6) is 0 Å². The molecule has 1 aliphatic rings. The summed E-state index contributed by atoms with van der Waals surface area (Å²) in [7, 11) is 0. The summed E-state index contributed by atoms with van der Waals surface area (Å²) in [5, 5.41) is 10.3. The number of hydrogen-bond acceptors (Lipinski definition) is 8. The van der Waals surface area contributed by atoms with Gasteiger partial charge in [0.1, 0.15) is 15.7 Å². The standard InChI is InChI=1S/C19H19N5O2S2/c1-13-18(28-19(21-13)14-3-2-6-20-11-14)15-4-5-16(23-22-15)27-12-17(25)24-7-9-26-10-8-24/h2-6,11H,7-10,12H2,1H3. The summed E-state index contributed by atoms with van der Waals surface area (Å²) in [6.07, 6.45) is 3.55. The molecule has 7 nitrogen and oxygen atoms in total. The third-order valence-corrected chi connectivity index (χ3v) is 6.42. The number of morpholine rings is 1. The Morgan fingerprint density at radius 1 is 1.25 bits per heavy atom. The fourth-order valence-electron chi connectivity index (χ4n) is 2.80. The zero-order valence-electron chi connectivity index (χ0n) is 15.4. The molecule has 0 saturated carbocycles. The summed E-state index contributed by atoms with van der Waals surface area (Å²) in [4.78, 5) is 23.8. The van der Waals surface area contributed by atoms with Gasteiger partial charge in [0.2, 0.25) is 5.91 Å². The minimum Gasteiger partial charge on any atom is -0.378 e. The highest BCUT2D eigenvalue weighted by molar-refractivity contribution is 7.99. The number of ether oxygens (including phenoxy) is 1. The summed E-state index contributed by atoms with van der Waals surface area (Å²) in [5.41, 5.74) is 2.69. The van der Waals surface area contributed by atoms with E-state index in [9.17, 15) is 4.79 Å². The van der Waals surface area contributed by atoms with Crippen molar-refractivity contribution in [2.75, 3.05) is 32.1 Å². The Morgan fingerprint density at radius 2 is 2.11 bits per heavy atom. The van der Waals surface area contributed by atoms with Gasteiger partial charge >= 0.3 is 0 Å². The Morgan fingerprint density at radius 3 is 2.82 bits per heavy atom. The smallest absolute Gasteiger partial charge is 0.233 e. The molecule has 3 aromatic rings. The minimum absolute atomic E-state index is 0.110. The molecular formula is C19H19N5O2S2. The van der Waals surface area contributed by atoms with E-state index in [4.69, 9.17) is 4.74 Å². The normalized spacial score (nSPS) is 14.2. The minimum atomic E-state index is 0.110. The molecule has 0 bridgehead atoms. The zero-order chi connectivity index (χ0) is 19.3. The number of hydrogen-bond donors (Lipinski definition) is 0. The van der Waals surface area contributed by atoms with Crippen LogP contribution in [0.25, 0.3) is 21.1 Å². The van der Waals surface area contributed by atoms with Crippen molar-refractivity contribution in [3.8, 4) is 21.1 Å². The van der Waals surface area contributed by atoms with Gasteiger partial charge in [0.25, 0.3) is 0 Å². The van der Waals surface area contributed by atoms with Crippen molar-refractivity contribution in [2.24, 2.45) is 0 Å². The van der Waals surface area contributed by atoms with Crippen molar-refractivity contribution >= 4 is 29.0 Å². The van der Waals surface area contributed by atoms with E-state index in [2.05, 4.69) is 20.2 Å². The SMILES string of the molecule is Cc1nc(-c2cccnc2)sc1-c1ccc(SCC(=O)N2CCOCC2)nn1. The molecule has 1 amide bonds. The average molecular weight is 414 g/mol. The van der Waals surface area contributed by atoms with Gasteiger partial charge in [-0.25, -0.2) is 4.98 Å². The number of nitrogens with zero attached hydrogens (tertiary/aromatic N) is 5. The van der Waals surface area contributed by atoms with Gasteiger partial charge in [-0.2, -0.15) is 0 Å². The molecule has 0 spiro atoms. The summed E-state index contributed by atoms with van der Waals surface area (Å²) in [6, 6.07) is 7.73. The van der Waals surface area contributed by atoms with E-state index in [1.54, 1.807) is 23.7 Å². The number of amides is 1. The summed E-state index contributed by atoms with van der Waals surface area (Å²) >= 11 is 2.98. The number of thiazole rings is 1. The van der Waals surface area contributed by atoms with Crippen LogP contribution in [0.2, 0.25) is 0 Å². The molecule has 0 radical (unpaired) electrons. The van der Waals surface area contributed by atoms with Gasteiger partial charge in [-0.15, -0.1) is 21.5 Å². The van der Waals surface area contributed by atoms with Crippen LogP contribution in [0.15, 0.2) is 41.7 Å². The van der Waals surface area contributed by atoms with Crippen molar-refractivity contribution in [1.82, 2.24) is 25.1 Å². The van der Waals surface area contributed by atoms with E-state index >= 15 is 0 Å². The first-order valence-electron chi connectivity index (χ1n) is 8.91. The molecule has 0 N–H and O–H groups in total. The Hall–Kier alpha value is -2.36. The largest absolute Gasteiger partial charge is 0.378 e. The number of aryl methyl sites for hydroxylation is 1. The lowest BCUT2D eigenvalue weighted by Gasteiger charge is -2.26. The molecule has 0 atom stereocenters. The van der Waals surface area contributed by atoms with Gasteiger partial charge in [-0.3, -0.25) is 9.78 Å². The average Bonchev–Trinajstić information content (AvgIpc) is 3.15. The monoisotopic (exact) mass is 413 g/mol. The first-order chi connectivity index (χ1) is 13.7. The van der Waals surface area contributed by atoms with E-state index in [1.807, 2.05) is 36.1 Å². The first kappa shape index (κ1) is 19.0. The van der Waals surface area contributed by atoms with E-state index in [0.717, 1.165) is 31.9 Å². The van der Waals surface area contributed by atoms with Crippen LogP contribution >= 0.6 is 23.1 Å². The molecule has 0 aromatic carbocycles. The van der Waals surface area contributed by atoms with Crippen LogP contribution in [-0.2, 0) is 9.53 Å². The molecule has 0 unspecified atom stereocenters. The Balaban J connectivity index is 1.42. The lowest BCUT2D eigenvalue weighted by Crippen LogP contribution is -2.41. The number of thioether (sulfide) groups is 1. The second-order valence-electron chi connectivity index (χ2n) is 6.21. The lowest BCUT2D eigenvalue weighted by molar-refractivity contribution is -0.132. The number of rotatable bonds is 5. The fraction of sp³-hybridized carbons (Fsp3) is 0.316. The van der Waals surface area contributed by atoms with Gasteiger partial charge < -0.3 is 9.64 Å². The highest BCUT2D eigenvalue weighted by Crippen LogP contribution is 2.34. The summed E-state index contributed by atoms with van der Waals surface area (Å²) < 4.78 is 5.28. The quantitative estimate of drug-likeness (QED) is 0.595. The van der Waals surface area contributed by atoms with Crippen LogP contribution in [-0.4, -0.2) is 63.0 Å². The van der Waals surface area contributed by atoms with E-state index in [0.29, 0.717) is 32.1 Å². The number of pyridine rings is 1. The highest BCUT2D eigenvalue weighted by atomic mass is 32.2. The van der Waals surface area contributed by atoms with Crippen molar-refractivity contribution in [1.29, 1.82) is 0 Å². The Bertz CT molecular complexity index is 941. The van der Waals surface area contributed by atoms with Crippen LogP contribution in [0.3, 0.4) is 0 Å². The molecule has 144 valence electrons. The maximum atomic E-state index is 12.2. The van der Waals surface area contributed by atoms with Gasteiger partial charge in [0.15, 0.2) is 0 Å². The summed E-state index contributed by atoms with van der Waals surface area (Å²) in [5.74, 6) is 0.470. The van der Waals surface area contributed by atoms with Crippen molar-refractivity contribution in [2.45, 2.75) is 11.9 Å². The van der Waals surface area contributed by atoms with Crippen LogP contribution < -0.4 is 0 Å². The van der Waals surface area contributed by atoms with Crippen LogP contribution in [0, 0.1) is 6.92 Å². The Kier molecular flexibility index (Phi) is 5.94. The number of carbonyl (C=O) groups is 1. The molecule has 1 saturated heterocycles. The predicted molar refractivity (Wildman–Crippen MR) is 109 cm³/mol. The molecule has 4 rings (SSSR count). The highest BCUT2D eigenvalue weighted by Gasteiger charge is 2.17. The van der Waals surface area contributed by atoms with Crippen molar-refractivity contribution < 1.29 is 9.53 Å². The first-order valence-corrected chi connectivity index (χ1v) is 10.7. The van der Waals surface area contributed by atoms with Crippen LogP contribution in [0.1, 0.15) is 5.69 Å². The third-order valence-electron chi connectivity index (χ3n) is 4.29. The van der Waals surface area contributed by atoms with Crippen molar-refractivity contribution in [3.63, 3.8) is 0 Å². The second kappa shape index (κ2) is 8.76. The third kappa shape index (κ3) is 4.37. The number of carbonyl (C=O) groups excluding carboxylic acids is 1. The van der Waals surface area contributed by atoms with Crippen LogP contribution in [0.4, 0.5) is 0 Å². The van der Waals surface area contributed by atoms with E-state index in [-0.39, 0.29) is 5.91 Å². The summed E-state index contributed by atoms with van der Waals surface area (Å²) in [6.45, 7) is 4.51. The van der Waals surface area contributed by atoms with Crippen molar-refractivity contribution in [3.05, 3.63) is 42.4 Å². The predicted octanol–water partition coefficient (Wildman–Crippen LogP) is 2.92. The fourth-order valence-corrected chi connectivity index (χ4v) is 4.54. The van der Waals surface area contributed by atoms with Gasteiger partial charge in [-0.05, 0) is 31.2 Å². The molecule has 3 aromatic heterocycles. The lowest BCUT2D eigenvalue weighted by atomic mass is 10.3. The van der Waals surface area contributed by atoms with Gasteiger partial charge in [0, 0.05) is 31.0 Å². The van der Waals surface area contributed by atoms with E-state index < -0.39 is 0 Å². The maximum Gasteiger partial charge on any atom is 0.233 e. The van der Waals surface area contributed by atoms with Gasteiger partial charge in [-0.1, -0.05) is 11.8 Å². The molecular weight excluding hydrogens is 394 g/mol. The molecule has 28 heavy (non-hydrogen) atoms. The molecule has 4 heterocycles. The maximum absolute atomic E-state index is 12.2. The second-order valence-corrected chi connectivity index (χ2v) is 8.21. The molecule has 1 fully saturated rings. The molecule has 1 aliphatic heterocycles. The van der Waals surface area contributed by atoms with E-state index in [1.165, 1.54) is 11.8 Å². The Labute approximate surface area is 171 Å². The van der Waals surface area contributed by atoms with Gasteiger partial charge in [0.05, 0.1) is 29.5 Å². The molecule has 9 heteroatoms. The number of aromatic nitrogens is 4. The topological polar surface area (TPSA) is 81.1 Å².